The molecule has 1 aliphatic heterocycles. The van der Waals surface area contributed by atoms with E-state index in [0.29, 0.717) is 0 Å². The lowest BCUT2D eigenvalue weighted by Crippen LogP contribution is -2.67. The highest BCUT2D eigenvalue weighted by atomic mass is 16.6. The van der Waals surface area contributed by atoms with E-state index in [1.807, 2.05) is 5.32 Å². The van der Waals surface area contributed by atoms with Crippen LogP contribution in [0.4, 0.5) is 4.79 Å². The molecule has 0 radical (unpaired) electrons. The van der Waals surface area contributed by atoms with E-state index < -0.39 is 23.5 Å². The second kappa shape index (κ2) is 3.83. The van der Waals surface area contributed by atoms with Gasteiger partial charge in [-0.15, -0.1) is 0 Å². The molecular weight excluding hydrogens is 204 g/mol. The number of hydrogen-bond donors (Lipinski definition) is 3. The summed E-state index contributed by atoms with van der Waals surface area (Å²) in [7, 11) is 1.22. The first-order chi connectivity index (χ1) is 7.00. The standard InChI is InChI=1S/C7H12N4O4/c1-3-11-6(14)9-5(13)7(11,4(8)12)10-15-2/h10H,3H2,1-2H3,(H2,8,12)(H,9,13,14)/t7-/m0/s1. The topological polar surface area (TPSA) is 114 Å². The normalized spacial score (nSPS) is 25.6. The first-order valence-corrected chi connectivity index (χ1v) is 4.23. The summed E-state index contributed by atoms with van der Waals surface area (Å²) in [4.78, 5) is 39.6. The molecule has 4 N–H and O–H groups in total. The molecule has 1 aliphatic rings. The zero-order valence-electron chi connectivity index (χ0n) is 8.36. The molecule has 1 rings (SSSR count). The van der Waals surface area contributed by atoms with Gasteiger partial charge in [0.15, 0.2) is 0 Å². The van der Waals surface area contributed by atoms with Crippen LogP contribution in [-0.4, -0.2) is 42.1 Å². The highest BCUT2D eigenvalue weighted by Gasteiger charge is 2.57. The number of nitrogens with two attached hydrogens (primary N) is 1. The summed E-state index contributed by atoms with van der Waals surface area (Å²) in [5.41, 5.74) is 5.30. The van der Waals surface area contributed by atoms with Gasteiger partial charge in [0.05, 0.1) is 7.11 Å². The van der Waals surface area contributed by atoms with E-state index in [1.54, 1.807) is 6.92 Å². The van der Waals surface area contributed by atoms with E-state index in [9.17, 15) is 14.4 Å². The Hall–Kier alpha value is -1.67. The minimum Gasteiger partial charge on any atom is -0.366 e. The van der Waals surface area contributed by atoms with Gasteiger partial charge in [0.2, 0.25) is 0 Å². The van der Waals surface area contributed by atoms with Gasteiger partial charge in [0.1, 0.15) is 0 Å². The van der Waals surface area contributed by atoms with Gasteiger partial charge >= 0.3 is 6.03 Å². The molecule has 0 bridgehead atoms. The van der Waals surface area contributed by atoms with E-state index in [-0.39, 0.29) is 6.54 Å². The maximum atomic E-state index is 11.5. The first kappa shape index (κ1) is 11.4. The number of hydroxylamine groups is 1. The van der Waals surface area contributed by atoms with Gasteiger partial charge in [-0.25, -0.2) is 4.79 Å². The lowest BCUT2D eigenvalue weighted by Gasteiger charge is -2.30. The Morgan fingerprint density at radius 3 is 2.67 bits per heavy atom. The summed E-state index contributed by atoms with van der Waals surface area (Å²) < 4.78 is 0. The predicted molar refractivity (Wildman–Crippen MR) is 48.0 cm³/mol. The Kier molecular flexibility index (Phi) is 2.91. The SMILES string of the molecule is CCN1C(=O)NC(=O)[C@]1(NOC)C(N)=O. The van der Waals surface area contributed by atoms with E-state index in [2.05, 4.69) is 10.3 Å². The lowest BCUT2D eigenvalue weighted by atomic mass is 10.1. The molecule has 8 heteroatoms. The van der Waals surface area contributed by atoms with Crippen LogP contribution in [-0.2, 0) is 14.4 Å². The first-order valence-electron chi connectivity index (χ1n) is 4.23. The second-order valence-corrected chi connectivity index (χ2v) is 2.88. The number of likely N-dealkylation sites (N-methyl/N-ethyl adjacent to an activating group) is 1. The number of rotatable bonds is 4. The molecule has 0 saturated carbocycles. The van der Waals surface area contributed by atoms with Crippen LogP contribution < -0.4 is 16.5 Å². The number of carbonyl (C=O) groups excluding carboxylic acids is 3. The number of urea groups is 1. The predicted octanol–water partition coefficient (Wildman–Crippen LogP) is -2.11. The smallest absolute Gasteiger partial charge is 0.326 e. The third-order valence-electron chi connectivity index (χ3n) is 2.12. The van der Waals surface area contributed by atoms with Crippen molar-refractivity contribution in [3.8, 4) is 0 Å². The molecule has 15 heavy (non-hydrogen) atoms. The molecule has 0 unspecified atom stereocenters. The molecule has 1 saturated heterocycles. The van der Waals surface area contributed by atoms with Crippen LogP contribution in [0, 0.1) is 0 Å². The molecule has 0 aliphatic carbocycles. The fraction of sp³-hybridized carbons (Fsp3) is 0.571. The minimum absolute atomic E-state index is 0.136. The molecule has 0 spiro atoms. The average Bonchev–Trinajstić information content (AvgIpc) is 2.39. The molecule has 0 aromatic carbocycles. The summed E-state index contributed by atoms with van der Waals surface area (Å²) in [5, 5.41) is 1.98. The van der Waals surface area contributed by atoms with Crippen LogP contribution in [0.5, 0.6) is 0 Å². The van der Waals surface area contributed by atoms with Crippen molar-refractivity contribution >= 4 is 17.8 Å². The third-order valence-corrected chi connectivity index (χ3v) is 2.12. The maximum absolute atomic E-state index is 11.5. The number of imide groups is 1. The Labute approximate surface area is 85.7 Å². The van der Waals surface area contributed by atoms with Crippen molar-refractivity contribution < 1.29 is 19.2 Å². The van der Waals surface area contributed by atoms with Crippen molar-refractivity contribution in [3.63, 3.8) is 0 Å². The van der Waals surface area contributed by atoms with Crippen molar-refractivity contribution in [1.82, 2.24) is 15.7 Å². The Bertz CT molecular complexity index is 318. The van der Waals surface area contributed by atoms with Gasteiger partial charge < -0.3 is 10.6 Å². The number of carbonyl (C=O) groups is 3. The van der Waals surface area contributed by atoms with Crippen LogP contribution in [0.2, 0.25) is 0 Å². The number of nitrogens with one attached hydrogen (secondary N) is 2. The van der Waals surface area contributed by atoms with Gasteiger partial charge in [-0.2, -0.15) is 5.48 Å². The largest absolute Gasteiger partial charge is 0.366 e. The molecular formula is C7H12N4O4. The molecule has 0 aromatic heterocycles. The van der Waals surface area contributed by atoms with Crippen molar-refractivity contribution in [2.45, 2.75) is 12.6 Å². The minimum atomic E-state index is -1.96. The van der Waals surface area contributed by atoms with Crippen molar-refractivity contribution in [1.29, 1.82) is 0 Å². The highest BCUT2D eigenvalue weighted by molar-refractivity contribution is 6.19. The van der Waals surface area contributed by atoms with Crippen LogP contribution in [0.3, 0.4) is 0 Å². The van der Waals surface area contributed by atoms with E-state index >= 15 is 0 Å². The average molecular weight is 216 g/mol. The maximum Gasteiger partial charge on any atom is 0.326 e. The summed E-state index contributed by atoms with van der Waals surface area (Å²) in [6, 6.07) is -0.689. The summed E-state index contributed by atoms with van der Waals surface area (Å²) in [6.45, 7) is 1.74. The van der Waals surface area contributed by atoms with Gasteiger partial charge in [0, 0.05) is 6.54 Å². The lowest BCUT2D eigenvalue weighted by molar-refractivity contribution is -0.151. The molecule has 1 atom stereocenters. The van der Waals surface area contributed by atoms with Crippen molar-refractivity contribution in [3.05, 3.63) is 0 Å². The third kappa shape index (κ3) is 1.43. The molecule has 0 aromatic rings. The zero-order chi connectivity index (χ0) is 11.6. The summed E-state index contributed by atoms with van der Waals surface area (Å²) in [5.74, 6) is -1.85. The Morgan fingerprint density at radius 2 is 2.27 bits per heavy atom. The van der Waals surface area contributed by atoms with Gasteiger partial charge in [-0.3, -0.25) is 19.8 Å². The number of primary amides is 1. The fourth-order valence-electron chi connectivity index (χ4n) is 1.46. The van der Waals surface area contributed by atoms with Gasteiger partial charge in [-0.1, -0.05) is 0 Å². The number of nitrogens with zero attached hydrogens (tertiary/aromatic N) is 1. The quantitative estimate of drug-likeness (QED) is 0.283. The molecule has 4 amide bonds. The van der Waals surface area contributed by atoms with Crippen molar-refractivity contribution in [2.75, 3.05) is 13.7 Å². The monoisotopic (exact) mass is 216 g/mol. The summed E-state index contributed by atoms with van der Waals surface area (Å²) in [6.07, 6.45) is 0. The summed E-state index contributed by atoms with van der Waals surface area (Å²) >= 11 is 0. The Balaban J connectivity index is 3.18. The van der Waals surface area contributed by atoms with Gasteiger partial charge in [0.25, 0.3) is 17.5 Å². The molecule has 1 fully saturated rings. The zero-order valence-corrected chi connectivity index (χ0v) is 8.36. The number of hydrogen-bond acceptors (Lipinski definition) is 5. The molecule has 1 heterocycles. The van der Waals surface area contributed by atoms with Crippen LogP contribution >= 0.6 is 0 Å². The van der Waals surface area contributed by atoms with Crippen LogP contribution in [0.1, 0.15) is 6.92 Å². The van der Waals surface area contributed by atoms with E-state index in [4.69, 9.17) is 5.73 Å². The van der Waals surface area contributed by atoms with E-state index in [1.165, 1.54) is 7.11 Å². The fourth-order valence-corrected chi connectivity index (χ4v) is 1.46. The second-order valence-electron chi connectivity index (χ2n) is 2.88. The van der Waals surface area contributed by atoms with Gasteiger partial charge in [-0.05, 0) is 6.92 Å². The van der Waals surface area contributed by atoms with Crippen LogP contribution in [0.15, 0.2) is 0 Å². The van der Waals surface area contributed by atoms with Crippen molar-refractivity contribution in [2.24, 2.45) is 5.73 Å². The van der Waals surface area contributed by atoms with Crippen LogP contribution in [0.25, 0.3) is 0 Å². The molecule has 8 nitrogen and oxygen atoms in total. The number of amides is 4. The Morgan fingerprint density at radius 1 is 1.67 bits per heavy atom. The highest BCUT2D eigenvalue weighted by Crippen LogP contribution is 2.18. The molecule has 84 valence electrons. The van der Waals surface area contributed by atoms with E-state index in [0.717, 1.165) is 4.90 Å².